The second kappa shape index (κ2) is 7.00. The molecule has 3 aromatic carbocycles. The van der Waals surface area contributed by atoms with Gasteiger partial charge in [-0.05, 0) is 76.0 Å². The number of benzene rings is 3. The maximum atomic E-state index is 12.0. The van der Waals surface area contributed by atoms with E-state index in [4.69, 9.17) is 5.73 Å². The zero-order valence-electron chi connectivity index (χ0n) is 15.3. The van der Waals surface area contributed by atoms with Crippen LogP contribution in [0, 0.1) is 9.64 Å². The van der Waals surface area contributed by atoms with Gasteiger partial charge in [0.25, 0.3) is 0 Å². The fourth-order valence-corrected chi connectivity index (χ4v) is 4.21. The van der Waals surface area contributed by atoms with Gasteiger partial charge in [-0.3, -0.25) is 4.79 Å². The lowest BCUT2D eigenvalue weighted by atomic mass is 10.00. The molecule has 0 aliphatic rings. The molecule has 3 nitrogen and oxygen atoms in total. The van der Waals surface area contributed by atoms with Crippen LogP contribution in [0.5, 0.6) is 0 Å². The molecule has 4 rings (SSSR count). The fraction of sp³-hybridized carbons (Fsp3) is 0.174. The van der Waals surface area contributed by atoms with Gasteiger partial charge in [0, 0.05) is 26.5 Å². The fourth-order valence-electron chi connectivity index (χ4n) is 3.60. The van der Waals surface area contributed by atoms with Crippen molar-refractivity contribution in [2.75, 3.05) is 0 Å². The molecule has 4 heteroatoms. The molecule has 0 fully saturated rings. The van der Waals surface area contributed by atoms with Crippen LogP contribution in [0.25, 0.3) is 21.8 Å². The molecule has 0 atom stereocenters. The van der Waals surface area contributed by atoms with Crippen molar-refractivity contribution < 1.29 is 4.79 Å². The van der Waals surface area contributed by atoms with Gasteiger partial charge in [0.1, 0.15) is 0 Å². The van der Waals surface area contributed by atoms with Gasteiger partial charge in [-0.1, -0.05) is 38.1 Å². The smallest absolute Gasteiger partial charge is 0.249 e. The predicted octanol–water partition coefficient (Wildman–Crippen LogP) is 5.47. The highest BCUT2D eigenvalue weighted by molar-refractivity contribution is 14.1. The number of halogens is 1. The minimum Gasteiger partial charge on any atom is -0.366 e. The molecular weight excluding hydrogens is 447 g/mol. The first-order valence-electron chi connectivity index (χ1n) is 8.96. The van der Waals surface area contributed by atoms with Crippen LogP contribution in [0.4, 0.5) is 0 Å². The molecule has 27 heavy (non-hydrogen) atoms. The van der Waals surface area contributed by atoms with Crippen LogP contribution < -0.4 is 5.73 Å². The topological polar surface area (TPSA) is 48.0 Å². The number of hydrogen-bond donors (Lipinski definition) is 1. The summed E-state index contributed by atoms with van der Waals surface area (Å²) in [5.41, 5.74) is 10.8. The van der Waals surface area contributed by atoms with E-state index in [-0.39, 0.29) is 0 Å². The van der Waals surface area contributed by atoms with Gasteiger partial charge < -0.3 is 10.3 Å². The van der Waals surface area contributed by atoms with E-state index in [1.807, 2.05) is 12.1 Å². The first kappa shape index (κ1) is 18.0. The Morgan fingerprint density at radius 2 is 1.93 bits per heavy atom. The van der Waals surface area contributed by atoms with Crippen molar-refractivity contribution in [2.45, 2.75) is 26.3 Å². The summed E-state index contributed by atoms with van der Waals surface area (Å²) in [6, 6.07) is 21.9. The molecule has 1 heterocycles. The number of nitrogens with zero attached hydrogens (tertiary/aromatic N) is 1. The lowest BCUT2D eigenvalue weighted by molar-refractivity contribution is 0.100. The molecule has 2 N–H and O–H groups in total. The monoisotopic (exact) mass is 467 g/mol. The Hall–Kier alpha value is -2.34. The van der Waals surface area contributed by atoms with Crippen molar-refractivity contribution in [3.05, 3.63) is 80.9 Å². The van der Waals surface area contributed by atoms with Gasteiger partial charge in [0.2, 0.25) is 5.91 Å². The molecule has 1 aromatic heterocycles. The van der Waals surface area contributed by atoms with Gasteiger partial charge in [0.05, 0.1) is 11.0 Å². The average Bonchev–Trinajstić information content (AvgIpc) is 2.95. The number of primary amides is 1. The Balaban J connectivity index is 2.05. The Bertz CT molecular complexity index is 1170. The van der Waals surface area contributed by atoms with Crippen LogP contribution in [-0.2, 0) is 6.54 Å². The molecule has 0 spiro atoms. The Kier molecular flexibility index (Phi) is 4.68. The Morgan fingerprint density at radius 1 is 1.15 bits per heavy atom. The summed E-state index contributed by atoms with van der Waals surface area (Å²) >= 11 is 2.33. The van der Waals surface area contributed by atoms with E-state index in [2.05, 4.69) is 83.5 Å². The number of nitrogens with two attached hydrogens (primary N) is 1. The highest BCUT2D eigenvalue weighted by atomic mass is 127. The summed E-state index contributed by atoms with van der Waals surface area (Å²) in [5.74, 6) is 0.000595. The highest BCUT2D eigenvalue weighted by Crippen LogP contribution is 2.34. The number of hydrogen-bond acceptors (Lipinski definition) is 1. The summed E-state index contributed by atoms with van der Waals surface area (Å²) in [6.07, 6.45) is 0. The summed E-state index contributed by atoms with van der Waals surface area (Å²) < 4.78 is 3.48. The maximum Gasteiger partial charge on any atom is 0.249 e. The van der Waals surface area contributed by atoms with Crippen molar-refractivity contribution in [3.63, 3.8) is 0 Å². The van der Waals surface area contributed by atoms with E-state index in [1.54, 1.807) is 6.07 Å². The standard InChI is InChI=1S/C23H20IN2O/c1-14(2)16-9-10-18-21(12-16)26(13-15-5-3-6-17(24)11-15)20-8-4-7-19(22(18)20)23(25)27/h3-9,11-12,14H,13H2,1-2H3,(H2,25,27). The normalized spacial score (nSPS) is 11.6. The molecule has 0 saturated heterocycles. The van der Waals surface area contributed by atoms with Crippen molar-refractivity contribution in [1.29, 1.82) is 0 Å². The summed E-state index contributed by atoms with van der Waals surface area (Å²) in [5, 5.41) is 1.84. The van der Waals surface area contributed by atoms with E-state index in [0.717, 1.165) is 28.4 Å². The van der Waals surface area contributed by atoms with Gasteiger partial charge in [0.15, 0.2) is 0 Å². The SMILES string of the molecule is CC(C)c1c[c]c2c3c(C(N)=O)cccc3n(Cc3cccc(I)c3)c2c1. The third kappa shape index (κ3) is 3.23. The molecule has 4 aromatic rings. The van der Waals surface area contributed by atoms with E-state index < -0.39 is 5.91 Å². The molecule has 1 amide bonds. The minimum absolute atomic E-state index is 0.407. The van der Waals surface area contributed by atoms with Gasteiger partial charge >= 0.3 is 0 Å². The minimum atomic E-state index is -0.407. The maximum absolute atomic E-state index is 12.0. The molecule has 0 aliphatic heterocycles. The number of amides is 1. The van der Waals surface area contributed by atoms with Crippen molar-refractivity contribution in [2.24, 2.45) is 5.73 Å². The molecule has 0 saturated carbocycles. The molecule has 0 aliphatic carbocycles. The first-order chi connectivity index (χ1) is 13.0. The first-order valence-corrected chi connectivity index (χ1v) is 10.0. The van der Waals surface area contributed by atoms with Gasteiger partial charge in [-0.15, -0.1) is 0 Å². The number of fused-ring (bicyclic) bond motifs is 3. The summed E-state index contributed by atoms with van der Waals surface area (Å²) in [7, 11) is 0. The van der Waals surface area contributed by atoms with Gasteiger partial charge in [-0.25, -0.2) is 0 Å². The molecule has 135 valence electrons. The zero-order chi connectivity index (χ0) is 19.1. The third-order valence-corrected chi connectivity index (χ3v) is 5.65. The second-order valence-corrected chi connectivity index (χ2v) is 8.37. The van der Waals surface area contributed by atoms with Crippen LogP contribution in [0.15, 0.2) is 54.6 Å². The van der Waals surface area contributed by atoms with E-state index in [1.165, 1.54) is 14.7 Å². The van der Waals surface area contributed by atoms with Crippen molar-refractivity contribution >= 4 is 50.3 Å². The Morgan fingerprint density at radius 3 is 2.63 bits per heavy atom. The molecule has 1 radical (unpaired) electrons. The van der Waals surface area contributed by atoms with Crippen LogP contribution in [0.2, 0.25) is 0 Å². The summed E-state index contributed by atoms with van der Waals surface area (Å²) in [4.78, 5) is 12.0. The van der Waals surface area contributed by atoms with Crippen LogP contribution in [0.1, 0.15) is 41.3 Å². The predicted molar refractivity (Wildman–Crippen MR) is 119 cm³/mol. The highest BCUT2D eigenvalue weighted by Gasteiger charge is 2.17. The summed E-state index contributed by atoms with van der Waals surface area (Å²) in [6.45, 7) is 5.08. The largest absolute Gasteiger partial charge is 0.366 e. The number of rotatable bonds is 4. The third-order valence-electron chi connectivity index (χ3n) is 4.98. The van der Waals surface area contributed by atoms with Crippen molar-refractivity contribution in [1.82, 2.24) is 4.57 Å². The average molecular weight is 467 g/mol. The Labute approximate surface area is 172 Å². The van der Waals surface area contributed by atoms with Gasteiger partial charge in [-0.2, -0.15) is 0 Å². The quantitative estimate of drug-likeness (QED) is 0.398. The molecular formula is C23H20IN2O. The number of carbonyl (C=O) groups is 1. The van der Waals surface area contributed by atoms with E-state index in [9.17, 15) is 4.79 Å². The van der Waals surface area contributed by atoms with Crippen LogP contribution in [0.3, 0.4) is 0 Å². The van der Waals surface area contributed by atoms with Crippen LogP contribution in [-0.4, -0.2) is 10.5 Å². The van der Waals surface area contributed by atoms with Crippen molar-refractivity contribution in [3.8, 4) is 0 Å². The lowest BCUT2D eigenvalue weighted by Crippen LogP contribution is -2.11. The second-order valence-electron chi connectivity index (χ2n) is 7.13. The molecule has 0 bridgehead atoms. The lowest BCUT2D eigenvalue weighted by Gasteiger charge is -2.10. The van der Waals surface area contributed by atoms with Crippen LogP contribution >= 0.6 is 22.6 Å². The van der Waals surface area contributed by atoms with E-state index in [0.29, 0.717) is 11.5 Å². The zero-order valence-corrected chi connectivity index (χ0v) is 17.4. The number of aromatic nitrogens is 1. The number of carbonyl (C=O) groups excluding carboxylic acids is 1. The van der Waals surface area contributed by atoms with E-state index >= 15 is 0 Å². The molecule has 0 unspecified atom stereocenters.